The minimum absolute atomic E-state index is 0.0179. The molecule has 0 aliphatic carbocycles. The number of rotatable bonds is 4. The van der Waals surface area contributed by atoms with Crippen molar-refractivity contribution in [2.24, 2.45) is 5.73 Å². The van der Waals surface area contributed by atoms with Crippen LogP contribution in [0.3, 0.4) is 0 Å². The quantitative estimate of drug-likeness (QED) is 0.766. The normalized spacial score (nSPS) is 12.9. The van der Waals surface area contributed by atoms with Crippen molar-refractivity contribution in [3.8, 4) is 0 Å². The first-order valence-electron chi connectivity index (χ1n) is 5.21. The fourth-order valence-corrected chi connectivity index (χ4v) is 1.85. The van der Waals surface area contributed by atoms with Crippen LogP contribution >= 0.6 is 0 Å². The highest BCUT2D eigenvalue weighted by Crippen LogP contribution is 2.22. The predicted octanol–water partition coefficient (Wildman–Crippen LogP) is 1.80. The summed E-state index contributed by atoms with van der Waals surface area (Å²) in [5.41, 5.74) is 9.55. The SMILES string of the molecule is CCc1cccc(CC)c1C(N)CO. The van der Waals surface area contributed by atoms with Crippen LogP contribution in [0.4, 0.5) is 0 Å². The average Bonchev–Trinajstić information content (AvgIpc) is 2.26. The standard InChI is InChI=1S/C12H19NO/c1-3-9-6-5-7-10(4-2)12(9)11(13)8-14/h5-7,11,14H,3-4,8,13H2,1-2H3. The highest BCUT2D eigenvalue weighted by atomic mass is 16.3. The van der Waals surface area contributed by atoms with E-state index in [1.807, 2.05) is 0 Å². The molecule has 0 spiro atoms. The molecule has 1 atom stereocenters. The Kier molecular flexibility index (Phi) is 4.11. The van der Waals surface area contributed by atoms with Crippen LogP contribution in [0, 0.1) is 0 Å². The Morgan fingerprint density at radius 1 is 1.21 bits per heavy atom. The molecule has 0 saturated heterocycles. The molecule has 0 radical (unpaired) electrons. The van der Waals surface area contributed by atoms with E-state index >= 15 is 0 Å². The molecule has 2 heteroatoms. The van der Waals surface area contributed by atoms with Crippen molar-refractivity contribution in [1.82, 2.24) is 0 Å². The number of hydrogen-bond acceptors (Lipinski definition) is 2. The molecular formula is C12H19NO. The van der Waals surface area contributed by atoms with E-state index in [1.54, 1.807) is 0 Å². The summed E-state index contributed by atoms with van der Waals surface area (Å²) in [7, 11) is 0. The molecule has 1 aromatic carbocycles. The van der Waals surface area contributed by atoms with Gasteiger partial charge in [-0.1, -0.05) is 32.0 Å². The molecule has 0 fully saturated rings. The molecule has 3 N–H and O–H groups in total. The lowest BCUT2D eigenvalue weighted by molar-refractivity contribution is 0.267. The van der Waals surface area contributed by atoms with Crippen molar-refractivity contribution in [3.05, 3.63) is 34.9 Å². The third-order valence-electron chi connectivity index (χ3n) is 2.62. The lowest BCUT2D eigenvalue weighted by Crippen LogP contribution is -2.18. The summed E-state index contributed by atoms with van der Waals surface area (Å²) in [5, 5.41) is 9.10. The number of hydrogen-bond donors (Lipinski definition) is 2. The topological polar surface area (TPSA) is 46.2 Å². The van der Waals surface area contributed by atoms with Crippen molar-refractivity contribution in [1.29, 1.82) is 0 Å². The summed E-state index contributed by atoms with van der Waals surface area (Å²) in [6.45, 7) is 4.24. The summed E-state index contributed by atoms with van der Waals surface area (Å²) in [5.74, 6) is 0. The maximum absolute atomic E-state index is 9.10. The maximum Gasteiger partial charge on any atom is 0.0624 e. The molecule has 1 unspecified atom stereocenters. The molecule has 0 aliphatic rings. The van der Waals surface area contributed by atoms with Crippen LogP contribution in [0.5, 0.6) is 0 Å². The van der Waals surface area contributed by atoms with E-state index in [2.05, 4.69) is 32.0 Å². The van der Waals surface area contributed by atoms with Crippen LogP contribution in [0.15, 0.2) is 18.2 Å². The van der Waals surface area contributed by atoms with Gasteiger partial charge in [-0.3, -0.25) is 0 Å². The maximum atomic E-state index is 9.10. The monoisotopic (exact) mass is 193 g/mol. The summed E-state index contributed by atoms with van der Waals surface area (Å²) in [6.07, 6.45) is 1.94. The van der Waals surface area contributed by atoms with E-state index in [-0.39, 0.29) is 12.6 Å². The van der Waals surface area contributed by atoms with E-state index in [0.717, 1.165) is 18.4 Å². The number of aliphatic hydroxyl groups excluding tert-OH is 1. The van der Waals surface area contributed by atoms with Gasteiger partial charge < -0.3 is 10.8 Å². The molecule has 0 amide bonds. The van der Waals surface area contributed by atoms with Crippen molar-refractivity contribution < 1.29 is 5.11 Å². The molecule has 0 bridgehead atoms. The molecule has 1 aromatic rings. The number of aliphatic hydroxyl groups is 1. The zero-order valence-corrected chi connectivity index (χ0v) is 8.96. The van der Waals surface area contributed by atoms with Crippen LogP contribution < -0.4 is 5.73 Å². The van der Waals surface area contributed by atoms with Crippen LogP contribution in [-0.2, 0) is 12.8 Å². The first-order valence-corrected chi connectivity index (χ1v) is 5.21. The molecule has 0 aromatic heterocycles. The zero-order chi connectivity index (χ0) is 10.6. The molecule has 1 rings (SSSR count). The Labute approximate surface area is 85.8 Å². The molecule has 2 nitrogen and oxygen atoms in total. The Bertz CT molecular complexity index is 274. The molecule has 14 heavy (non-hydrogen) atoms. The largest absolute Gasteiger partial charge is 0.394 e. The summed E-state index contributed by atoms with van der Waals surface area (Å²) < 4.78 is 0. The van der Waals surface area contributed by atoms with E-state index < -0.39 is 0 Å². The van der Waals surface area contributed by atoms with Gasteiger partial charge in [-0.15, -0.1) is 0 Å². The second kappa shape index (κ2) is 5.13. The molecule has 0 saturated carbocycles. The van der Waals surface area contributed by atoms with Crippen molar-refractivity contribution in [3.63, 3.8) is 0 Å². The Morgan fingerprint density at radius 2 is 1.71 bits per heavy atom. The Morgan fingerprint density at radius 3 is 2.07 bits per heavy atom. The molecule has 78 valence electrons. The van der Waals surface area contributed by atoms with Crippen molar-refractivity contribution >= 4 is 0 Å². The third kappa shape index (κ3) is 2.14. The molecule has 0 heterocycles. The van der Waals surface area contributed by atoms with Gasteiger partial charge in [0.1, 0.15) is 0 Å². The number of benzene rings is 1. The highest BCUT2D eigenvalue weighted by molar-refractivity contribution is 5.37. The first kappa shape index (κ1) is 11.2. The summed E-state index contributed by atoms with van der Waals surface area (Å²) >= 11 is 0. The van der Waals surface area contributed by atoms with E-state index in [0.29, 0.717) is 0 Å². The minimum atomic E-state index is -0.235. The van der Waals surface area contributed by atoms with Crippen LogP contribution in [0.2, 0.25) is 0 Å². The average molecular weight is 193 g/mol. The second-order valence-corrected chi connectivity index (χ2v) is 3.49. The molecular weight excluding hydrogens is 174 g/mol. The van der Waals surface area contributed by atoms with Gasteiger partial charge in [-0.05, 0) is 29.5 Å². The van der Waals surface area contributed by atoms with Crippen LogP contribution in [-0.4, -0.2) is 11.7 Å². The van der Waals surface area contributed by atoms with Gasteiger partial charge in [-0.2, -0.15) is 0 Å². The van der Waals surface area contributed by atoms with E-state index in [9.17, 15) is 0 Å². The zero-order valence-electron chi connectivity index (χ0n) is 8.96. The minimum Gasteiger partial charge on any atom is -0.394 e. The van der Waals surface area contributed by atoms with Gasteiger partial charge in [0.2, 0.25) is 0 Å². The van der Waals surface area contributed by atoms with Gasteiger partial charge in [-0.25, -0.2) is 0 Å². The Balaban J connectivity index is 3.18. The Hall–Kier alpha value is -0.860. The molecule has 0 aliphatic heterocycles. The van der Waals surface area contributed by atoms with Gasteiger partial charge in [0, 0.05) is 0 Å². The van der Waals surface area contributed by atoms with E-state index in [1.165, 1.54) is 11.1 Å². The van der Waals surface area contributed by atoms with Gasteiger partial charge in [0.05, 0.1) is 12.6 Å². The predicted molar refractivity (Wildman–Crippen MR) is 59.2 cm³/mol. The van der Waals surface area contributed by atoms with Gasteiger partial charge in [0.25, 0.3) is 0 Å². The van der Waals surface area contributed by atoms with E-state index in [4.69, 9.17) is 10.8 Å². The van der Waals surface area contributed by atoms with Gasteiger partial charge in [0.15, 0.2) is 0 Å². The van der Waals surface area contributed by atoms with Gasteiger partial charge >= 0.3 is 0 Å². The fourth-order valence-electron chi connectivity index (χ4n) is 1.85. The van der Waals surface area contributed by atoms with Crippen molar-refractivity contribution in [2.75, 3.05) is 6.61 Å². The van der Waals surface area contributed by atoms with Crippen LogP contribution in [0.1, 0.15) is 36.6 Å². The fraction of sp³-hybridized carbons (Fsp3) is 0.500. The lowest BCUT2D eigenvalue weighted by atomic mass is 9.93. The number of aryl methyl sites for hydroxylation is 2. The third-order valence-corrected chi connectivity index (χ3v) is 2.62. The first-order chi connectivity index (χ1) is 6.74. The van der Waals surface area contributed by atoms with Crippen molar-refractivity contribution in [2.45, 2.75) is 32.7 Å². The second-order valence-electron chi connectivity index (χ2n) is 3.49. The smallest absolute Gasteiger partial charge is 0.0624 e. The summed E-state index contributed by atoms with van der Waals surface area (Å²) in [6, 6.07) is 6.00. The lowest BCUT2D eigenvalue weighted by Gasteiger charge is -2.17. The summed E-state index contributed by atoms with van der Waals surface area (Å²) in [4.78, 5) is 0. The van der Waals surface area contributed by atoms with Crippen LogP contribution in [0.25, 0.3) is 0 Å². The highest BCUT2D eigenvalue weighted by Gasteiger charge is 2.12. The number of nitrogens with two attached hydrogens (primary N) is 1.